The molecule has 1 aromatic heterocycles. The number of nitrogens with zero attached hydrogens (tertiary/aromatic N) is 1. The van der Waals surface area contributed by atoms with Crippen LogP contribution in [0.4, 0.5) is 0 Å². The quantitative estimate of drug-likeness (QED) is 0.761. The topological polar surface area (TPSA) is 57.8 Å². The average molecular weight is 305 g/mol. The van der Waals surface area contributed by atoms with Crippen molar-refractivity contribution >= 4 is 5.91 Å². The molecule has 0 aliphatic heterocycles. The molecule has 0 spiro atoms. The summed E-state index contributed by atoms with van der Waals surface area (Å²) in [4.78, 5) is 12.1. The molecule has 2 aromatic carbocycles. The van der Waals surface area contributed by atoms with Crippen LogP contribution in [0.3, 0.4) is 0 Å². The van der Waals surface area contributed by atoms with E-state index in [-0.39, 0.29) is 11.9 Å². The molecule has 1 atom stereocenters. The lowest BCUT2D eigenvalue weighted by atomic mass is 10.1. The third-order valence-electron chi connectivity index (χ3n) is 3.88. The van der Waals surface area contributed by atoms with Crippen LogP contribution in [-0.4, -0.2) is 16.1 Å². The van der Waals surface area contributed by atoms with Gasteiger partial charge in [-0.1, -0.05) is 42.5 Å². The Bertz CT molecular complexity index is 721. The van der Waals surface area contributed by atoms with Crippen LogP contribution < -0.4 is 5.32 Å². The van der Waals surface area contributed by atoms with Crippen molar-refractivity contribution in [2.24, 2.45) is 0 Å². The number of carbonyl (C=O) groups excluding carboxylic acids is 1. The summed E-state index contributed by atoms with van der Waals surface area (Å²) in [5.74, 6) is 0.0114. The van der Waals surface area contributed by atoms with Crippen molar-refractivity contribution in [1.29, 1.82) is 0 Å². The zero-order valence-electron chi connectivity index (χ0n) is 12.8. The van der Waals surface area contributed by atoms with E-state index >= 15 is 0 Å². The number of H-pyrrole nitrogens is 1. The second-order valence-electron chi connectivity index (χ2n) is 5.40. The van der Waals surface area contributed by atoms with Crippen LogP contribution in [0.5, 0.6) is 0 Å². The molecule has 1 unspecified atom stereocenters. The van der Waals surface area contributed by atoms with E-state index in [1.807, 2.05) is 42.5 Å². The first-order valence-corrected chi connectivity index (χ1v) is 7.72. The molecule has 1 heterocycles. The summed E-state index contributed by atoms with van der Waals surface area (Å²) in [7, 11) is 0. The number of aromatic nitrogens is 2. The van der Waals surface area contributed by atoms with Crippen molar-refractivity contribution < 1.29 is 4.79 Å². The van der Waals surface area contributed by atoms with Crippen LogP contribution in [0, 0.1) is 0 Å². The number of aromatic amines is 1. The summed E-state index contributed by atoms with van der Waals surface area (Å²) in [5, 5.41) is 9.32. The van der Waals surface area contributed by atoms with E-state index in [1.165, 1.54) is 11.1 Å². The molecule has 4 heteroatoms. The first-order valence-electron chi connectivity index (χ1n) is 7.72. The van der Waals surface area contributed by atoms with E-state index in [0.717, 1.165) is 18.4 Å². The molecule has 4 nitrogen and oxygen atoms in total. The lowest BCUT2D eigenvalue weighted by Crippen LogP contribution is -2.26. The third kappa shape index (κ3) is 3.86. The Hall–Kier alpha value is -2.88. The minimum Gasteiger partial charge on any atom is -0.345 e. The van der Waals surface area contributed by atoms with Gasteiger partial charge in [0.1, 0.15) is 0 Å². The normalized spacial score (nSPS) is 15.2. The molecular formula is C19H19N3O. The Labute approximate surface area is 135 Å². The van der Waals surface area contributed by atoms with Gasteiger partial charge in [0.2, 0.25) is 0 Å². The smallest absolute Gasteiger partial charge is 0.251 e. The minimum atomic E-state index is 0.0114. The number of amides is 1. The molecule has 3 aromatic rings. The number of rotatable bonds is 2. The number of aryl methyl sites for hydroxylation is 1. The number of hydrogen-bond acceptors (Lipinski definition) is 2. The van der Waals surface area contributed by atoms with Gasteiger partial charge in [-0.2, -0.15) is 5.10 Å². The minimum absolute atomic E-state index is 0.0114. The fraction of sp³-hybridized carbons (Fsp3) is 0.158. The second kappa shape index (κ2) is 7.40. The maximum absolute atomic E-state index is 12.1. The monoisotopic (exact) mass is 305 g/mol. The predicted molar refractivity (Wildman–Crippen MR) is 90.0 cm³/mol. The highest BCUT2D eigenvalue weighted by molar-refractivity contribution is 5.94. The van der Waals surface area contributed by atoms with Crippen molar-refractivity contribution in [2.75, 3.05) is 0 Å². The number of hydrogen-bond donors (Lipinski definition) is 2. The zero-order chi connectivity index (χ0) is 15.9. The SMILES string of the molecule is O=C(NC1CCc2ccccc21)c1ccccc1.c1cn[nH]c1. The number of benzene rings is 2. The van der Waals surface area contributed by atoms with Crippen LogP contribution >= 0.6 is 0 Å². The molecule has 2 N–H and O–H groups in total. The molecule has 4 rings (SSSR count). The Morgan fingerprint density at radius 1 is 1.04 bits per heavy atom. The van der Waals surface area contributed by atoms with E-state index in [4.69, 9.17) is 0 Å². The van der Waals surface area contributed by atoms with Gasteiger partial charge in [-0.3, -0.25) is 9.89 Å². The molecule has 23 heavy (non-hydrogen) atoms. The molecule has 0 radical (unpaired) electrons. The van der Waals surface area contributed by atoms with Gasteiger partial charge in [0, 0.05) is 18.0 Å². The first kappa shape index (κ1) is 15.0. The molecule has 1 aliphatic carbocycles. The molecular weight excluding hydrogens is 286 g/mol. The van der Waals surface area contributed by atoms with Crippen LogP contribution in [-0.2, 0) is 6.42 Å². The summed E-state index contributed by atoms with van der Waals surface area (Å²) in [6, 6.07) is 19.7. The third-order valence-corrected chi connectivity index (χ3v) is 3.88. The van der Waals surface area contributed by atoms with Gasteiger partial charge in [0.25, 0.3) is 5.91 Å². The molecule has 0 bridgehead atoms. The number of fused-ring (bicyclic) bond motifs is 1. The maximum Gasteiger partial charge on any atom is 0.251 e. The van der Waals surface area contributed by atoms with Crippen LogP contribution in [0.15, 0.2) is 73.1 Å². The van der Waals surface area contributed by atoms with Gasteiger partial charge >= 0.3 is 0 Å². The average Bonchev–Trinajstić information content (AvgIpc) is 3.29. The van der Waals surface area contributed by atoms with Gasteiger partial charge in [-0.15, -0.1) is 0 Å². The van der Waals surface area contributed by atoms with Crippen molar-refractivity contribution in [2.45, 2.75) is 18.9 Å². The fourth-order valence-corrected chi connectivity index (χ4v) is 2.75. The Morgan fingerprint density at radius 2 is 1.83 bits per heavy atom. The summed E-state index contributed by atoms with van der Waals surface area (Å²) in [5.41, 5.74) is 3.35. The first-order chi connectivity index (χ1) is 11.3. The van der Waals surface area contributed by atoms with E-state index < -0.39 is 0 Å². The molecule has 0 saturated carbocycles. The Balaban J connectivity index is 0.000000267. The summed E-state index contributed by atoms with van der Waals surface area (Å²) >= 11 is 0. The summed E-state index contributed by atoms with van der Waals surface area (Å²) in [6.45, 7) is 0. The number of carbonyl (C=O) groups is 1. The van der Waals surface area contributed by atoms with Gasteiger partial charge in [-0.25, -0.2) is 0 Å². The van der Waals surface area contributed by atoms with Crippen molar-refractivity contribution in [3.05, 3.63) is 89.7 Å². The molecule has 116 valence electrons. The summed E-state index contributed by atoms with van der Waals surface area (Å²) < 4.78 is 0. The lowest BCUT2D eigenvalue weighted by Gasteiger charge is -2.14. The second-order valence-corrected chi connectivity index (χ2v) is 5.40. The van der Waals surface area contributed by atoms with Gasteiger partial charge in [0.15, 0.2) is 0 Å². The molecule has 1 aliphatic rings. The van der Waals surface area contributed by atoms with E-state index in [1.54, 1.807) is 12.4 Å². The van der Waals surface area contributed by atoms with Crippen LogP contribution in [0.2, 0.25) is 0 Å². The largest absolute Gasteiger partial charge is 0.345 e. The Morgan fingerprint density at radius 3 is 2.52 bits per heavy atom. The van der Waals surface area contributed by atoms with Gasteiger partial charge < -0.3 is 5.32 Å². The van der Waals surface area contributed by atoms with Gasteiger partial charge in [-0.05, 0) is 42.2 Å². The fourth-order valence-electron chi connectivity index (χ4n) is 2.75. The molecule has 1 amide bonds. The summed E-state index contributed by atoms with van der Waals surface area (Å²) in [6.07, 6.45) is 5.51. The standard InChI is InChI=1S/C16H15NO.C3H4N2/c18-16(13-7-2-1-3-8-13)17-15-11-10-12-6-4-5-9-14(12)15;1-2-4-5-3-1/h1-9,15H,10-11H2,(H,17,18);1-3H,(H,4,5). The lowest BCUT2D eigenvalue weighted by molar-refractivity contribution is 0.0936. The molecule has 0 saturated heterocycles. The predicted octanol–water partition coefficient (Wildman–Crippen LogP) is 3.51. The van der Waals surface area contributed by atoms with E-state index in [2.05, 4.69) is 33.7 Å². The zero-order valence-corrected chi connectivity index (χ0v) is 12.8. The highest BCUT2D eigenvalue weighted by Crippen LogP contribution is 2.30. The highest BCUT2D eigenvalue weighted by atomic mass is 16.1. The van der Waals surface area contributed by atoms with E-state index in [0.29, 0.717) is 0 Å². The van der Waals surface area contributed by atoms with Crippen LogP contribution in [0.25, 0.3) is 0 Å². The van der Waals surface area contributed by atoms with Crippen molar-refractivity contribution in [1.82, 2.24) is 15.5 Å². The van der Waals surface area contributed by atoms with Gasteiger partial charge in [0.05, 0.1) is 6.04 Å². The van der Waals surface area contributed by atoms with E-state index in [9.17, 15) is 4.79 Å². The van der Waals surface area contributed by atoms with Crippen molar-refractivity contribution in [3.63, 3.8) is 0 Å². The maximum atomic E-state index is 12.1. The number of nitrogens with one attached hydrogen (secondary N) is 2. The Kier molecular flexibility index (Phi) is 4.84. The molecule has 0 fully saturated rings. The van der Waals surface area contributed by atoms with Crippen LogP contribution in [0.1, 0.15) is 33.9 Å². The van der Waals surface area contributed by atoms with Crippen molar-refractivity contribution in [3.8, 4) is 0 Å². The highest BCUT2D eigenvalue weighted by Gasteiger charge is 2.23.